The fourth-order valence-corrected chi connectivity index (χ4v) is 2.78. The molecule has 0 fully saturated rings. The summed E-state index contributed by atoms with van der Waals surface area (Å²) in [5, 5.41) is 18.8. The van der Waals surface area contributed by atoms with E-state index in [1.165, 1.54) is 5.56 Å². The van der Waals surface area contributed by atoms with Gasteiger partial charge in [-0.3, -0.25) is 0 Å². The lowest BCUT2D eigenvalue weighted by Crippen LogP contribution is -2.18. The van der Waals surface area contributed by atoms with Crippen LogP contribution in [-0.4, -0.2) is 10.2 Å². The minimum Gasteiger partial charge on any atom is -0.508 e. The lowest BCUT2D eigenvalue weighted by Gasteiger charge is -2.26. The van der Waals surface area contributed by atoms with Crippen LogP contribution < -0.4 is 0 Å². The van der Waals surface area contributed by atoms with Gasteiger partial charge in [-0.25, -0.2) is 0 Å². The minimum atomic E-state index is -0.138. The van der Waals surface area contributed by atoms with Crippen LogP contribution in [0.5, 0.6) is 11.5 Å². The van der Waals surface area contributed by atoms with Crippen LogP contribution in [0.25, 0.3) is 11.1 Å². The van der Waals surface area contributed by atoms with Gasteiger partial charge in [0, 0.05) is 5.41 Å². The number of phenols is 2. The summed E-state index contributed by atoms with van der Waals surface area (Å²) in [5.41, 5.74) is 4.44. The van der Waals surface area contributed by atoms with Crippen molar-refractivity contribution in [3.63, 3.8) is 0 Å². The lowest BCUT2D eigenvalue weighted by molar-refractivity contribution is 0.474. The van der Waals surface area contributed by atoms with Crippen LogP contribution in [0.1, 0.15) is 25.0 Å². The van der Waals surface area contributed by atoms with Gasteiger partial charge in [-0.05, 0) is 46.5 Å². The fraction of sp³-hybridized carbons (Fsp3) is 0.143. The van der Waals surface area contributed by atoms with Crippen molar-refractivity contribution in [2.45, 2.75) is 19.3 Å². The highest BCUT2D eigenvalue weighted by Gasteiger charge is 2.22. The largest absolute Gasteiger partial charge is 0.508 e. The Bertz CT molecular complexity index is 783. The molecule has 0 aliphatic rings. The van der Waals surface area contributed by atoms with E-state index in [4.69, 9.17) is 0 Å². The van der Waals surface area contributed by atoms with Crippen LogP contribution in [-0.2, 0) is 5.41 Å². The Morgan fingerprint density at radius 2 is 0.826 bits per heavy atom. The molecule has 0 aliphatic carbocycles. The second kappa shape index (κ2) is 5.81. The van der Waals surface area contributed by atoms with Gasteiger partial charge in [-0.2, -0.15) is 0 Å². The molecule has 0 saturated heterocycles. The van der Waals surface area contributed by atoms with Crippen LogP contribution in [0.3, 0.4) is 0 Å². The van der Waals surface area contributed by atoms with E-state index in [1.807, 2.05) is 24.3 Å². The molecule has 0 saturated carbocycles. The van der Waals surface area contributed by atoms with Gasteiger partial charge in [-0.15, -0.1) is 0 Å². The summed E-state index contributed by atoms with van der Waals surface area (Å²) in [6.45, 7) is 4.35. The number of rotatable bonds is 3. The van der Waals surface area contributed by atoms with Gasteiger partial charge in [0.2, 0.25) is 0 Å². The van der Waals surface area contributed by atoms with Crippen molar-refractivity contribution in [3.8, 4) is 22.6 Å². The molecule has 3 aromatic rings. The molecule has 0 bridgehead atoms. The first kappa shape index (κ1) is 15.2. The predicted molar refractivity (Wildman–Crippen MR) is 93.8 cm³/mol. The first-order valence-electron chi connectivity index (χ1n) is 7.66. The highest BCUT2D eigenvalue weighted by atomic mass is 16.3. The molecule has 0 unspecified atom stereocenters. The zero-order chi connectivity index (χ0) is 16.4. The van der Waals surface area contributed by atoms with Gasteiger partial charge in [0.15, 0.2) is 0 Å². The Balaban J connectivity index is 1.92. The maximum Gasteiger partial charge on any atom is 0.115 e. The molecule has 3 aromatic carbocycles. The number of hydrogen-bond donors (Lipinski definition) is 2. The Morgan fingerprint density at radius 3 is 1.26 bits per heavy atom. The lowest BCUT2D eigenvalue weighted by atomic mass is 9.78. The second-order valence-electron chi connectivity index (χ2n) is 6.30. The van der Waals surface area contributed by atoms with E-state index < -0.39 is 0 Å². The predicted octanol–water partition coefficient (Wildman–Crippen LogP) is 5.09. The van der Waals surface area contributed by atoms with Crippen LogP contribution in [0, 0.1) is 0 Å². The standard InChI is InChI=1S/C21H20O2/c1-21(2,18-9-13-20(23)14-10-18)17-7-3-15(4-8-17)16-5-11-19(22)12-6-16/h3-14,22-23H,1-2H3. The normalized spacial score (nSPS) is 11.4. The van der Waals surface area contributed by atoms with Crippen molar-refractivity contribution in [1.29, 1.82) is 0 Å². The molecule has 0 amide bonds. The highest BCUT2D eigenvalue weighted by Crippen LogP contribution is 2.33. The molecule has 0 heterocycles. The van der Waals surface area contributed by atoms with E-state index in [0.29, 0.717) is 0 Å². The van der Waals surface area contributed by atoms with Crippen LogP contribution in [0.2, 0.25) is 0 Å². The van der Waals surface area contributed by atoms with Gasteiger partial charge in [0.05, 0.1) is 0 Å². The molecule has 0 aliphatic heterocycles. The van der Waals surface area contributed by atoms with E-state index in [9.17, 15) is 10.2 Å². The quantitative estimate of drug-likeness (QED) is 0.707. The zero-order valence-corrected chi connectivity index (χ0v) is 13.3. The Labute approximate surface area is 136 Å². The van der Waals surface area contributed by atoms with E-state index in [1.54, 1.807) is 24.3 Å². The molecule has 2 N–H and O–H groups in total. The topological polar surface area (TPSA) is 40.5 Å². The van der Waals surface area contributed by atoms with Gasteiger partial charge in [0.25, 0.3) is 0 Å². The van der Waals surface area contributed by atoms with Crippen molar-refractivity contribution in [3.05, 3.63) is 83.9 Å². The van der Waals surface area contributed by atoms with Crippen LogP contribution in [0.15, 0.2) is 72.8 Å². The SMILES string of the molecule is CC(C)(c1ccc(O)cc1)c1ccc(-c2ccc(O)cc2)cc1. The molecular formula is C21H20O2. The summed E-state index contributed by atoms with van der Waals surface area (Å²) >= 11 is 0. The molecule has 116 valence electrons. The summed E-state index contributed by atoms with van der Waals surface area (Å²) in [5.74, 6) is 0.561. The summed E-state index contributed by atoms with van der Waals surface area (Å²) in [4.78, 5) is 0. The van der Waals surface area contributed by atoms with Crippen molar-refractivity contribution >= 4 is 0 Å². The molecule has 0 spiro atoms. The van der Waals surface area contributed by atoms with Gasteiger partial charge >= 0.3 is 0 Å². The average Bonchev–Trinajstić information content (AvgIpc) is 2.56. The van der Waals surface area contributed by atoms with E-state index in [2.05, 4.69) is 38.1 Å². The maximum atomic E-state index is 9.46. The van der Waals surface area contributed by atoms with Crippen molar-refractivity contribution in [2.75, 3.05) is 0 Å². The third kappa shape index (κ3) is 3.07. The number of aromatic hydroxyl groups is 2. The number of benzene rings is 3. The molecule has 2 heteroatoms. The summed E-state index contributed by atoms with van der Waals surface area (Å²) in [7, 11) is 0. The van der Waals surface area contributed by atoms with E-state index in [0.717, 1.165) is 16.7 Å². The van der Waals surface area contributed by atoms with Crippen molar-refractivity contribution < 1.29 is 10.2 Å². The Kier molecular flexibility index (Phi) is 3.83. The van der Waals surface area contributed by atoms with Gasteiger partial charge in [0.1, 0.15) is 11.5 Å². The third-order valence-electron chi connectivity index (χ3n) is 4.40. The fourth-order valence-electron chi connectivity index (χ4n) is 2.78. The van der Waals surface area contributed by atoms with Gasteiger partial charge in [-0.1, -0.05) is 62.4 Å². The average molecular weight is 304 g/mol. The van der Waals surface area contributed by atoms with Gasteiger partial charge < -0.3 is 10.2 Å². The smallest absolute Gasteiger partial charge is 0.115 e. The minimum absolute atomic E-state index is 0.138. The number of hydrogen-bond acceptors (Lipinski definition) is 2. The van der Waals surface area contributed by atoms with Crippen LogP contribution >= 0.6 is 0 Å². The number of phenolic OH excluding ortho intramolecular Hbond substituents is 2. The Morgan fingerprint density at radius 1 is 0.522 bits per heavy atom. The highest BCUT2D eigenvalue weighted by molar-refractivity contribution is 5.64. The zero-order valence-electron chi connectivity index (χ0n) is 13.3. The second-order valence-corrected chi connectivity index (χ2v) is 6.30. The van der Waals surface area contributed by atoms with Crippen molar-refractivity contribution in [2.24, 2.45) is 0 Å². The molecule has 2 nitrogen and oxygen atoms in total. The maximum absolute atomic E-state index is 9.46. The molecule has 0 aromatic heterocycles. The molecule has 3 rings (SSSR count). The summed E-state index contributed by atoms with van der Waals surface area (Å²) < 4.78 is 0. The molecular weight excluding hydrogens is 284 g/mol. The van der Waals surface area contributed by atoms with E-state index >= 15 is 0 Å². The summed E-state index contributed by atoms with van der Waals surface area (Å²) in [6, 6.07) is 23.1. The molecule has 23 heavy (non-hydrogen) atoms. The molecule has 0 atom stereocenters. The van der Waals surface area contributed by atoms with Crippen molar-refractivity contribution in [1.82, 2.24) is 0 Å². The Hall–Kier alpha value is -2.74. The third-order valence-corrected chi connectivity index (χ3v) is 4.40. The first-order chi connectivity index (χ1) is 11.0. The van der Waals surface area contributed by atoms with Crippen LogP contribution in [0.4, 0.5) is 0 Å². The monoisotopic (exact) mass is 304 g/mol. The molecule has 0 radical (unpaired) electrons. The summed E-state index contributed by atoms with van der Waals surface area (Å²) in [6.07, 6.45) is 0. The van der Waals surface area contributed by atoms with E-state index in [-0.39, 0.29) is 16.9 Å². The first-order valence-corrected chi connectivity index (χ1v) is 7.66.